The summed E-state index contributed by atoms with van der Waals surface area (Å²) in [5.74, 6) is 0.146. The molecule has 5 nitrogen and oxygen atoms in total. The molecule has 0 aliphatic carbocycles. The van der Waals surface area contributed by atoms with Crippen LogP contribution >= 0.6 is 0 Å². The number of piperidine rings is 1. The van der Waals surface area contributed by atoms with Gasteiger partial charge in [0.25, 0.3) is 0 Å². The molecule has 1 fully saturated rings. The lowest BCUT2D eigenvalue weighted by Crippen LogP contribution is -2.42. The molecule has 138 valence electrons. The molecule has 5 heteroatoms. The number of hydrogen-bond donors (Lipinski definition) is 1. The van der Waals surface area contributed by atoms with E-state index in [-0.39, 0.29) is 30.5 Å². The molecule has 1 aromatic rings. The van der Waals surface area contributed by atoms with Crippen LogP contribution in [0.25, 0.3) is 0 Å². The van der Waals surface area contributed by atoms with Gasteiger partial charge in [-0.25, -0.2) is 4.79 Å². The minimum absolute atomic E-state index is 0.232. The second kappa shape index (κ2) is 8.99. The topological polar surface area (TPSA) is 64.6 Å². The molecule has 0 aromatic heterocycles. The van der Waals surface area contributed by atoms with E-state index in [1.807, 2.05) is 18.2 Å². The molecule has 1 atom stereocenters. The van der Waals surface area contributed by atoms with Crippen LogP contribution in [0.1, 0.15) is 69.9 Å². The quantitative estimate of drug-likeness (QED) is 0.630. The normalized spacial score (nSPS) is 17.6. The summed E-state index contributed by atoms with van der Waals surface area (Å²) in [4.78, 5) is 24.2. The van der Waals surface area contributed by atoms with Crippen LogP contribution in [0.3, 0.4) is 0 Å². The predicted molar refractivity (Wildman–Crippen MR) is 96.9 cm³/mol. The molecule has 1 heterocycles. The molecule has 1 aromatic carbocycles. The zero-order valence-corrected chi connectivity index (χ0v) is 15.6. The molecular formula is C20H29NO4. The van der Waals surface area contributed by atoms with E-state index < -0.39 is 5.97 Å². The third kappa shape index (κ3) is 5.30. The summed E-state index contributed by atoms with van der Waals surface area (Å²) in [5, 5.41) is 3.11. The Balaban J connectivity index is 2.01. The number of benzene rings is 1. The summed E-state index contributed by atoms with van der Waals surface area (Å²) in [7, 11) is 0. The molecule has 1 aliphatic heterocycles. The van der Waals surface area contributed by atoms with E-state index in [0.29, 0.717) is 5.75 Å². The number of ether oxygens (including phenoxy) is 2. The molecule has 1 aliphatic rings. The highest BCUT2D eigenvalue weighted by Gasteiger charge is 2.24. The van der Waals surface area contributed by atoms with E-state index in [4.69, 9.17) is 9.47 Å². The van der Waals surface area contributed by atoms with Gasteiger partial charge in [0.15, 0.2) is 6.61 Å². The molecule has 0 amide bonds. The van der Waals surface area contributed by atoms with E-state index in [1.54, 1.807) is 0 Å². The Bertz CT molecular complexity index is 577. The van der Waals surface area contributed by atoms with Gasteiger partial charge in [-0.1, -0.05) is 52.3 Å². The Morgan fingerprint density at radius 2 is 1.76 bits per heavy atom. The fourth-order valence-electron chi connectivity index (χ4n) is 3.03. The summed E-state index contributed by atoms with van der Waals surface area (Å²) in [5.41, 5.74) is 1.97. The minimum Gasteiger partial charge on any atom is -0.452 e. The molecule has 1 saturated heterocycles. The van der Waals surface area contributed by atoms with E-state index in [2.05, 4.69) is 33.0 Å². The SMILES string of the molecule is CC(C)c1cccc(C(C)C)c1OC(=O)COC(=O)C1CCCCN1. The van der Waals surface area contributed by atoms with Gasteiger partial charge in [-0.3, -0.25) is 4.79 Å². The van der Waals surface area contributed by atoms with Crippen LogP contribution in [0, 0.1) is 0 Å². The van der Waals surface area contributed by atoms with Crippen LogP contribution in [0.5, 0.6) is 5.75 Å². The van der Waals surface area contributed by atoms with Crippen LogP contribution in [0.2, 0.25) is 0 Å². The first-order valence-corrected chi connectivity index (χ1v) is 9.13. The Hall–Kier alpha value is -1.88. The van der Waals surface area contributed by atoms with Crippen LogP contribution in [0.4, 0.5) is 0 Å². The van der Waals surface area contributed by atoms with Gasteiger partial charge in [-0.2, -0.15) is 0 Å². The van der Waals surface area contributed by atoms with Gasteiger partial charge in [0.2, 0.25) is 0 Å². The Labute approximate surface area is 150 Å². The van der Waals surface area contributed by atoms with Crippen molar-refractivity contribution in [1.82, 2.24) is 5.32 Å². The standard InChI is InChI=1S/C20H29NO4/c1-13(2)15-8-7-9-16(14(3)4)19(15)25-18(22)12-24-20(23)17-10-5-6-11-21-17/h7-9,13-14,17,21H,5-6,10-12H2,1-4H3. The first-order valence-electron chi connectivity index (χ1n) is 9.13. The predicted octanol–water partition coefficient (Wildman–Crippen LogP) is 3.52. The zero-order valence-electron chi connectivity index (χ0n) is 15.6. The number of rotatable bonds is 6. The lowest BCUT2D eigenvalue weighted by molar-refractivity contribution is -0.155. The lowest BCUT2D eigenvalue weighted by Gasteiger charge is -2.22. The summed E-state index contributed by atoms with van der Waals surface area (Å²) in [6.07, 6.45) is 2.81. The van der Waals surface area contributed by atoms with Gasteiger partial charge < -0.3 is 14.8 Å². The molecule has 2 rings (SSSR count). The fraction of sp³-hybridized carbons (Fsp3) is 0.600. The van der Waals surface area contributed by atoms with Crippen LogP contribution in [-0.2, 0) is 14.3 Å². The van der Waals surface area contributed by atoms with Crippen molar-refractivity contribution < 1.29 is 19.1 Å². The second-order valence-electron chi connectivity index (χ2n) is 7.16. The lowest BCUT2D eigenvalue weighted by atomic mass is 9.94. The number of carbonyl (C=O) groups excluding carboxylic acids is 2. The second-order valence-corrected chi connectivity index (χ2v) is 7.16. The Morgan fingerprint density at radius 1 is 1.12 bits per heavy atom. The van der Waals surface area contributed by atoms with Crippen LogP contribution in [-0.4, -0.2) is 31.1 Å². The molecule has 0 saturated carbocycles. The number of para-hydroxylation sites is 1. The average Bonchev–Trinajstić information content (AvgIpc) is 2.60. The van der Waals surface area contributed by atoms with Crippen molar-refractivity contribution in [2.24, 2.45) is 0 Å². The van der Waals surface area contributed by atoms with E-state index in [9.17, 15) is 9.59 Å². The summed E-state index contributed by atoms with van der Waals surface area (Å²) < 4.78 is 10.7. The molecular weight excluding hydrogens is 318 g/mol. The first kappa shape index (κ1) is 19.4. The highest BCUT2D eigenvalue weighted by atomic mass is 16.6. The average molecular weight is 347 g/mol. The Morgan fingerprint density at radius 3 is 2.28 bits per heavy atom. The van der Waals surface area contributed by atoms with E-state index >= 15 is 0 Å². The van der Waals surface area contributed by atoms with Gasteiger partial charge in [-0.05, 0) is 42.3 Å². The maximum atomic E-state index is 12.2. The van der Waals surface area contributed by atoms with Crippen molar-refractivity contribution in [1.29, 1.82) is 0 Å². The van der Waals surface area contributed by atoms with E-state index in [1.165, 1.54) is 0 Å². The highest BCUT2D eigenvalue weighted by molar-refractivity contribution is 5.81. The molecule has 0 radical (unpaired) electrons. The number of nitrogens with one attached hydrogen (secondary N) is 1. The minimum atomic E-state index is -0.542. The third-order valence-corrected chi connectivity index (χ3v) is 4.46. The Kier molecular flexibility index (Phi) is 7.00. The molecule has 1 N–H and O–H groups in total. The van der Waals surface area contributed by atoms with Crippen molar-refractivity contribution in [3.8, 4) is 5.75 Å². The number of esters is 2. The smallest absolute Gasteiger partial charge is 0.349 e. The molecule has 0 spiro atoms. The molecule has 0 bridgehead atoms. The van der Waals surface area contributed by atoms with Crippen molar-refractivity contribution in [2.75, 3.05) is 13.2 Å². The number of hydrogen-bond acceptors (Lipinski definition) is 5. The fourth-order valence-corrected chi connectivity index (χ4v) is 3.03. The number of carbonyl (C=O) groups is 2. The zero-order chi connectivity index (χ0) is 18.4. The van der Waals surface area contributed by atoms with Crippen LogP contribution in [0.15, 0.2) is 18.2 Å². The van der Waals surface area contributed by atoms with Gasteiger partial charge in [-0.15, -0.1) is 0 Å². The highest BCUT2D eigenvalue weighted by Crippen LogP contribution is 2.34. The molecule has 1 unspecified atom stereocenters. The van der Waals surface area contributed by atoms with Gasteiger partial charge in [0.1, 0.15) is 11.8 Å². The summed E-state index contributed by atoms with van der Waals surface area (Å²) >= 11 is 0. The first-order chi connectivity index (χ1) is 11.9. The van der Waals surface area contributed by atoms with Gasteiger partial charge in [0, 0.05) is 0 Å². The largest absolute Gasteiger partial charge is 0.452 e. The van der Waals surface area contributed by atoms with E-state index in [0.717, 1.165) is 36.9 Å². The van der Waals surface area contributed by atoms with Gasteiger partial charge >= 0.3 is 11.9 Å². The van der Waals surface area contributed by atoms with Crippen molar-refractivity contribution >= 4 is 11.9 Å². The maximum absolute atomic E-state index is 12.2. The summed E-state index contributed by atoms with van der Waals surface area (Å²) in [6.45, 7) is 8.69. The van der Waals surface area contributed by atoms with Crippen LogP contribution < -0.4 is 10.1 Å². The van der Waals surface area contributed by atoms with Gasteiger partial charge in [0.05, 0.1) is 0 Å². The third-order valence-electron chi connectivity index (χ3n) is 4.46. The monoisotopic (exact) mass is 347 g/mol. The van der Waals surface area contributed by atoms with Crippen molar-refractivity contribution in [3.63, 3.8) is 0 Å². The van der Waals surface area contributed by atoms with Crippen molar-refractivity contribution in [3.05, 3.63) is 29.3 Å². The molecule has 25 heavy (non-hydrogen) atoms. The maximum Gasteiger partial charge on any atom is 0.349 e. The summed E-state index contributed by atoms with van der Waals surface area (Å²) in [6, 6.07) is 5.61. The van der Waals surface area contributed by atoms with Crippen molar-refractivity contribution in [2.45, 2.75) is 64.8 Å².